The van der Waals surface area contributed by atoms with Gasteiger partial charge in [-0.3, -0.25) is 4.90 Å². The molecule has 0 bridgehead atoms. The summed E-state index contributed by atoms with van der Waals surface area (Å²) in [4.78, 5) is 3.09. The Morgan fingerprint density at radius 3 is 2.21 bits per heavy atom. The van der Waals surface area contributed by atoms with Gasteiger partial charge in [0.25, 0.3) is 0 Å². The number of alkyl halides is 2. The van der Waals surface area contributed by atoms with Crippen LogP contribution in [0.4, 0.5) is 20.2 Å². The molecular weight excluding hydrogens is 246 g/mol. The van der Waals surface area contributed by atoms with E-state index in [0.29, 0.717) is 12.2 Å². The Hall–Kier alpha value is -2.10. The maximum atomic E-state index is 13.0. The highest BCUT2D eigenvalue weighted by Crippen LogP contribution is 2.38. The molecule has 0 saturated carbocycles. The van der Waals surface area contributed by atoms with Crippen molar-refractivity contribution in [2.75, 3.05) is 16.5 Å². The van der Waals surface area contributed by atoms with Crippen molar-refractivity contribution in [3.63, 3.8) is 0 Å². The van der Waals surface area contributed by atoms with E-state index < -0.39 is 6.55 Å². The van der Waals surface area contributed by atoms with Gasteiger partial charge in [-0.25, -0.2) is 0 Å². The minimum atomic E-state index is -2.47. The number of rotatable bonds is 3. The van der Waals surface area contributed by atoms with E-state index in [9.17, 15) is 8.78 Å². The van der Waals surface area contributed by atoms with Crippen molar-refractivity contribution in [3.8, 4) is 0 Å². The van der Waals surface area contributed by atoms with Crippen LogP contribution in [-0.4, -0.2) is 13.2 Å². The van der Waals surface area contributed by atoms with Crippen LogP contribution in [0.25, 0.3) is 0 Å². The Balaban J connectivity index is 1.88. The lowest BCUT2D eigenvalue weighted by Gasteiger charge is -2.21. The SMILES string of the molecule is FC(F)N1CN(Cc2ccccc2)c2ccccc21. The largest absolute Gasteiger partial charge is 0.348 e. The van der Waals surface area contributed by atoms with Crippen LogP contribution in [0.3, 0.4) is 0 Å². The van der Waals surface area contributed by atoms with Crippen LogP contribution in [0.2, 0.25) is 0 Å². The van der Waals surface area contributed by atoms with E-state index >= 15 is 0 Å². The number of anilines is 2. The van der Waals surface area contributed by atoms with E-state index in [4.69, 9.17) is 0 Å². The molecular formula is C15H14F2N2. The molecule has 0 fully saturated rings. The number of fused-ring (bicyclic) bond motifs is 1. The summed E-state index contributed by atoms with van der Waals surface area (Å²) in [5.41, 5.74) is 2.59. The molecule has 3 rings (SSSR count). The number of para-hydroxylation sites is 2. The predicted molar refractivity (Wildman–Crippen MR) is 72.4 cm³/mol. The normalized spacial score (nSPS) is 14.1. The third kappa shape index (κ3) is 2.26. The topological polar surface area (TPSA) is 6.48 Å². The molecule has 1 heterocycles. The van der Waals surface area contributed by atoms with Gasteiger partial charge >= 0.3 is 6.55 Å². The van der Waals surface area contributed by atoms with E-state index in [1.165, 1.54) is 0 Å². The lowest BCUT2D eigenvalue weighted by molar-refractivity contribution is 0.144. The van der Waals surface area contributed by atoms with Crippen LogP contribution in [0, 0.1) is 0 Å². The van der Waals surface area contributed by atoms with Gasteiger partial charge in [-0.05, 0) is 17.7 Å². The van der Waals surface area contributed by atoms with Crippen LogP contribution in [-0.2, 0) is 6.54 Å². The molecule has 2 aromatic carbocycles. The first-order valence-corrected chi connectivity index (χ1v) is 6.18. The first-order chi connectivity index (χ1) is 9.25. The molecule has 0 amide bonds. The standard InChI is InChI=1S/C15H14F2N2/c16-15(17)19-11-18(10-12-6-2-1-3-7-12)13-8-4-5-9-14(13)19/h1-9,15H,10-11H2. The summed E-state index contributed by atoms with van der Waals surface area (Å²) < 4.78 is 26.1. The summed E-state index contributed by atoms with van der Waals surface area (Å²) in [7, 11) is 0. The maximum Gasteiger partial charge on any atom is 0.316 e. The molecule has 98 valence electrons. The van der Waals surface area contributed by atoms with Crippen molar-refractivity contribution in [3.05, 3.63) is 60.2 Å². The summed E-state index contributed by atoms with van der Waals surface area (Å²) in [6.45, 7) is -1.60. The molecule has 2 nitrogen and oxygen atoms in total. The monoisotopic (exact) mass is 260 g/mol. The maximum absolute atomic E-state index is 13.0. The Morgan fingerprint density at radius 1 is 0.895 bits per heavy atom. The quantitative estimate of drug-likeness (QED) is 0.776. The third-order valence-corrected chi connectivity index (χ3v) is 3.31. The van der Waals surface area contributed by atoms with Gasteiger partial charge in [0.05, 0.1) is 18.0 Å². The summed E-state index contributed by atoms with van der Waals surface area (Å²) in [6.07, 6.45) is 0. The third-order valence-electron chi connectivity index (χ3n) is 3.31. The average molecular weight is 260 g/mol. The smallest absolute Gasteiger partial charge is 0.316 e. The van der Waals surface area contributed by atoms with Crippen LogP contribution in [0.1, 0.15) is 5.56 Å². The number of hydrogen-bond donors (Lipinski definition) is 0. The van der Waals surface area contributed by atoms with Gasteiger partial charge in [0, 0.05) is 6.54 Å². The van der Waals surface area contributed by atoms with Gasteiger partial charge in [-0.1, -0.05) is 42.5 Å². The fourth-order valence-corrected chi connectivity index (χ4v) is 2.42. The highest BCUT2D eigenvalue weighted by Gasteiger charge is 2.30. The van der Waals surface area contributed by atoms with Crippen LogP contribution in [0.15, 0.2) is 54.6 Å². The van der Waals surface area contributed by atoms with Gasteiger partial charge in [-0.2, -0.15) is 8.78 Å². The molecule has 19 heavy (non-hydrogen) atoms. The second kappa shape index (κ2) is 4.88. The molecule has 0 aromatic heterocycles. The molecule has 0 N–H and O–H groups in total. The van der Waals surface area contributed by atoms with Gasteiger partial charge in [0.15, 0.2) is 0 Å². The summed E-state index contributed by atoms with van der Waals surface area (Å²) >= 11 is 0. The molecule has 0 unspecified atom stereocenters. The zero-order valence-electron chi connectivity index (χ0n) is 10.3. The summed E-state index contributed by atoms with van der Waals surface area (Å²) in [5.74, 6) is 0. The minimum absolute atomic E-state index is 0.228. The van der Waals surface area contributed by atoms with E-state index in [2.05, 4.69) is 0 Å². The van der Waals surface area contributed by atoms with E-state index in [-0.39, 0.29) is 6.67 Å². The zero-order chi connectivity index (χ0) is 13.2. The van der Waals surface area contributed by atoms with Gasteiger partial charge in [0.2, 0.25) is 0 Å². The summed E-state index contributed by atoms with van der Waals surface area (Å²) in [6, 6.07) is 17.2. The Bertz CT molecular complexity index is 557. The first kappa shape index (κ1) is 12.0. The second-order valence-corrected chi connectivity index (χ2v) is 4.56. The molecule has 0 aliphatic carbocycles. The zero-order valence-corrected chi connectivity index (χ0v) is 10.3. The Kier molecular flexibility index (Phi) is 3.07. The van der Waals surface area contributed by atoms with Crippen LogP contribution in [0.5, 0.6) is 0 Å². The number of hydrogen-bond acceptors (Lipinski definition) is 2. The van der Waals surface area contributed by atoms with Crippen molar-refractivity contribution in [2.45, 2.75) is 13.1 Å². The minimum Gasteiger partial charge on any atom is -0.348 e. The highest BCUT2D eigenvalue weighted by molar-refractivity contribution is 5.76. The van der Waals surface area contributed by atoms with Crippen LogP contribution < -0.4 is 9.80 Å². The number of halogens is 2. The van der Waals surface area contributed by atoms with Gasteiger partial charge in [-0.15, -0.1) is 0 Å². The summed E-state index contributed by atoms with van der Waals surface area (Å²) in [5, 5.41) is 0. The average Bonchev–Trinajstić information content (AvgIpc) is 2.79. The van der Waals surface area contributed by atoms with E-state index in [0.717, 1.165) is 16.2 Å². The van der Waals surface area contributed by atoms with E-state index in [1.807, 2.05) is 47.4 Å². The Labute approximate surface area is 110 Å². The molecule has 1 aliphatic rings. The number of benzene rings is 2. The molecule has 1 aliphatic heterocycles. The van der Waals surface area contributed by atoms with Gasteiger partial charge < -0.3 is 4.90 Å². The van der Waals surface area contributed by atoms with Crippen molar-refractivity contribution >= 4 is 11.4 Å². The molecule has 0 atom stereocenters. The second-order valence-electron chi connectivity index (χ2n) is 4.56. The van der Waals surface area contributed by atoms with Gasteiger partial charge in [0.1, 0.15) is 0 Å². The fourth-order valence-electron chi connectivity index (χ4n) is 2.42. The predicted octanol–water partition coefficient (Wildman–Crippen LogP) is 3.69. The molecule has 0 radical (unpaired) electrons. The molecule has 0 saturated heterocycles. The fraction of sp³-hybridized carbons (Fsp3) is 0.200. The van der Waals surface area contributed by atoms with Crippen molar-refractivity contribution in [1.82, 2.24) is 0 Å². The van der Waals surface area contributed by atoms with Crippen molar-refractivity contribution in [1.29, 1.82) is 0 Å². The first-order valence-electron chi connectivity index (χ1n) is 6.18. The van der Waals surface area contributed by atoms with E-state index in [1.54, 1.807) is 12.1 Å². The lowest BCUT2D eigenvalue weighted by Crippen LogP contribution is -2.33. The molecule has 0 spiro atoms. The highest BCUT2D eigenvalue weighted by atomic mass is 19.3. The number of nitrogens with zero attached hydrogens (tertiary/aromatic N) is 2. The van der Waals surface area contributed by atoms with Crippen molar-refractivity contribution < 1.29 is 8.78 Å². The molecule has 2 aromatic rings. The van der Waals surface area contributed by atoms with Crippen LogP contribution >= 0.6 is 0 Å². The molecule has 4 heteroatoms. The lowest BCUT2D eigenvalue weighted by atomic mass is 10.2. The van der Waals surface area contributed by atoms with Crippen molar-refractivity contribution in [2.24, 2.45) is 0 Å². The Morgan fingerprint density at radius 2 is 1.53 bits per heavy atom.